The molecule has 2 aromatic carbocycles. The van der Waals surface area contributed by atoms with E-state index in [4.69, 9.17) is 18.6 Å². The third-order valence-electron chi connectivity index (χ3n) is 4.69. The minimum Gasteiger partial charge on any atom is -0.493 e. The molecule has 0 saturated carbocycles. The number of hydrogen-bond acceptors (Lipinski definition) is 6. The van der Waals surface area contributed by atoms with E-state index in [1.807, 2.05) is 64.1 Å². The van der Waals surface area contributed by atoms with Crippen molar-refractivity contribution in [3.8, 4) is 28.7 Å². The van der Waals surface area contributed by atoms with E-state index in [1.165, 1.54) is 0 Å². The molecule has 0 bridgehead atoms. The van der Waals surface area contributed by atoms with E-state index < -0.39 is 0 Å². The van der Waals surface area contributed by atoms with Gasteiger partial charge in [0.15, 0.2) is 17.3 Å². The first-order valence-electron chi connectivity index (χ1n) is 10.7. The van der Waals surface area contributed by atoms with E-state index in [-0.39, 0.29) is 5.78 Å². The summed E-state index contributed by atoms with van der Waals surface area (Å²) in [5.41, 5.74) is 3.15. The van der Waals surface area contributed by atoms with Crippen molar-refractivity contribution in [2.75, 3.05) is 19.8 Å². The van der Waals surface area contributed by atoms with E-state index >= 15 is 0 Å². The van der Waals surface area contributed by atoms with E-state index in [2.05, 4.69) is 4.98 Å². The third-order valence-corrected chi connectivity index (χ3v) is 4.69. The molecule has 164 valence electrons. The molecule has 0 aliphatic carbocycles. The van der Waals surface area contributed by atoms with Gasteiger partial charge in [-0.15, -0.1) is 0 Å². The lowest BCUT2D eigenvalue weighted by atomic mass is 10.0. The van der Waals surface area contributed by atoms with Gasteiger partial charge in [-0.2, -0.15) is 0 Å². The molecule has 0 amide bonds. The average molecular weight is 424 g/mol. The molecule has 0 fully saturated rings. The molecule has 0 N–H and O–H groups in total. The smallest absolute Gasteiger partial charge is 0.226 e. The lowest BCUT2D eigenvalue weighted by molar-refractivity contribution is 0.0978. The van der Waals surface area contributed by atoms with Crippen LogP contribution in [0.25, 0.3) is 11.5 Å². The largest absolute Gasteiger partial charge is 0.493 e. The monoisotopic (exact) mass is 423 g/mol. The summed E-state index contributed by atoms with van der Waals surface area (Å²) in [6.07, 6.45) is 2.40. The second-order valence-electron chi connectivity index (χ2n) is 7.03. The molecule has 1 aromatic heterocycles. The van der Waals surface area contributed by atoms with Gasteiger partial charge in [0, 0.05) is 18.4 Å². The molecule has 0 saturated heterocycles. The Morgan fingerprint density at radius 3 is 2.32 bits per heavy atom. The number of nitrogens with zero attached hydrogens (tertiary/aromatic N) is 1. The highest BCUT2D eigenvalue weighted by molar-refractivity contribution is 5.99. The molecule has 0 aliphatic heterocycles. The van der Waals surface area contributed by atoms with Gasteiger partial charge in [0.1, 0.15) is 12.0 Å². The predicted molar refractivity (Wildman–Crippen MR) is 119 cm³/mol. The van der Waals surface area contributed by atoms with Crippen LogP contribution in [0.1, 0.15) is 48.8 Å². The zero-order valence-electron chi connectivity index (χ0n) is 18.6. The fourth-order valence-electron chi connectivity index (χ4n) is 3.26. The minimum absolute atomic E-state index is 0.0244. The highest BCUT2D eigenvalue weighted by atomic mass is 16.5. The molecular weight excluding hydrogens is 394 g/mol. The van der Waals surface area contributed by atoms with Gasteiger partial charge in [0.25, 0.3) is 0 Å². The topological polar surface area (TPSA) is 70.8 Å². The van der Waals surface area contributed by atoms with Crippen molar-refractivity contribution in [3.63, 3.8) is 0 Å². The van der Waals surface area contributed by atoms with Crippen LogP contribution in [0, 0.1) is 6.92 Å². The maximum atomic E-state index is 12.8. The molecule has 0 unspecified atom stereocenters. The van der Waals surface area contributed by atoms with Gasteiger partial charge >= 0.3 is 0 Å². The van der Waals surface area contributed by atoms with Crippen LogP contribution in [0.15, 0.2) is 47.1 Å². The number of ether oxygens (including phenoxy) is 3. The minimum atomic E-state index is 0.0244. The maximum absolute atomic E-state index is 12.8. The van der Waals surface area contributed by atoms with Crippen LogP contribution in [0.2, 0.25) is 0 Å². The van der Waals surface area contributed by atoms with Crippen molar-refractivity contribution in [1.29, 1.82) is 0 Å². The number of rotatable bonds is 11. The Balaban J connectivity index is 1.71. The summed E-state index contributed by atoms with van der Waals surface area (Å²) >= 11 is 0. The SMILES string of the molecule is CCOc1ccc(-c2nc(CCC(=O)c3cc(C)ccc3OCC)co2)cc1OCC. The molecule has 6 heteroatoms. The van der Waals surface area contributed by atoms with Crippen molar-refractivity contribution in [2.45, 2.75) is 40.5 Å². The van der Waals surface area contributed by atoms with Crippen LogP contribution in [0.3, 0.4) is 0 Å². The standard InChI is InChI=1S/C25H29NO5/c1-5-28-22-12-8-17(4)14-20(22)21(27)11-10-19-16-31-25(26-19)18-9-13-23(29-6-2)24(15-18)30-7-3/h8-9,12-16H,5-7,10-11H2,1-4H3. The van der Waals surface area contributed by atoms with E-state index in [0.717, 1.165) is 16.8 Å². The van der Waals surface area contributed by atoms with Crippen LogP contribution < -0.4 is 14.2 Å². The summed E-state index contributed by atoms with van der Waals surface area (Å²) in [7, 11) is 0. The van der Waals surface area contributed by atoms with Crippen molar-refractivity contribution in [2.24, 2.45) is 0 Å². The normalized spacial score (nSPS) is 10.7. The number of benzene rings is 2. The first-order valence-corrected chi connectivity index (χ1v) is 10.7. The second-order valence-corrected chi connectivity index (χ2v) is 7.03. The zero-order chi connectivity index (χ0) is 22.2. The van der Waals surface area contributed by atoms with Gasteiger partial charge in [0.2, 0.25) is 5.89 Å². The molecule has 3 rings (SSSR count). The number of oxazole rings is 1. The van der Waals surface area contributed by atoms with E-state index in [9.17, 15) is 4.79 Å². The molecule has 0 spiro atoms. The van der Waals surface area contributed by atoms with Crippen molar-refractivity contribution in [3.05, 3.63) is 59.5 Å². The summed E-state index contributed by atoms with van der Waals surface area (Å²) < 4.78 is 22.5. The highest BCUT2D eigenvalue weighted by Gasteiger charge is 2.16. The Morgan fingerprint density at radius 1 is 0.903 bits per heavy atom. The Labute approximate surface area is 183 Å². The summed E-state index contributed by atoms with van der Waals surface area (Å²) in [6.45, 7) is 9.33. The van der Waals surface area contributed by atoms with Crippen LogP contribution in [-0.4, -0.2) is 30.6 Å². The van der Waals surface area contributed by atoms with Gasteiger partial charge in [-0.1, -0.05) is 11.6 Å². The van der Waals surface area contributed by atoms with Crippen LogP contribution in [0.5, 0.6) is 17.2 Å². The fraction of sp³-hybridized carbons (Fsp3) is 0.360. The quantitative estimate of drug-likeness (QED) is 0.371. The molecular formula is C25H29NO5. The Bertz CT molecular complexity index is 1020. The number of aryl methyl sites for hydroxylation is 2. The van der Waals surface area contributed by atoms with Crippen molar-refractivity contribution < 1.29 is 23.4 Å². The predicted octanol–water partition coefficient (Wildman–Crippen LogP) is 5.66. The number of hydrogen-bond donors (Lipinski definition) is 0. The van der Waals surface area contributed by atoms with Crippen LogP contribution in [0.4, 0.5) is 0 Å². The Kier molecular flexibility index (Phi) is 7.70. The molecule has 0 radical (unpaired) electrons. The third kappa shape index (κ3) is 5.66. The van der Waals surface area contributed by atoms with Gasteiger partial charge in [-0.3, -0.25) is 4.79 Å². The highest BCUT2D eigenvalue weighted by Crippen LogP contribution is 2.33. The molecule has 1 heterocycles. The Morgan fingerprint density at radius 2 is 1.58 bits per heavy atom. The van der Waals surface area contributed by atoms with Gasteiger partial charge in [0.05, 0.1) is 31.1 Å². The van der Waals surface area contributed by atoms with Gasteiger partial charge in [-0.05, 0) is 58.0 Å². The van der Waals surface area contributed by atoms with Crippen molar-refractivity contribution >= 4 is 5.78 Å². The second kappa shape index (κ2) is 10.7. The van der Waals surface area contributed by atoms with Gasteiger partial charge < -0.3 is 18.6 Å². The zero-order valence-corrected chi connectivity index (χ0v) is 18.6. The number of carbonyl (C=O) groups excluding carboxylic acids is 1. The number of Topliss-reactive ketones (excluding diaryl/α,β-unsaturated/α-hetero) is 1. The van der Waals surface area contributed by atoms with E-state index in [1.54, 1.807) is 6.26 Å². The number of ketones is 1. The van der Waals surface area contributed by atoms with E-state index in [0.29, 0.717) is 61.4 Å². The van der Waals surface area contributed by atoms with Crippen LogP contribution in [-0.2, 0) is 6.42 Å². The molecule has 31 heavy (non-hydrogen) atoms. The summed E-state index contributed by atoms with van der Waals surface area (Å²) in [5, 5.41) is 0. The molecule has 6 nitrogen and oxygen atoms in total. The van der Waals surface area contributed by atoms with Crippen molar-refractivity contribution in [1.82, 2.24) is 4.98 Å². The average Bonchev–Trinajstić information content (AvgIpc) is 3.24. The summed E-state index contributed by atoms with van der Waals surface area (Å²) in [5.74, 6) is 2.47. The van der Waals surface area contributed by atoms with Crippen LogP contribution >= 0.6 is 0 Å². The fourth-order valence-corrected chi connectivity index (χ4v) is 3.26. The number of carbonyl (C=O) groups is 1. The lowest BCUT2D eigenvalue weighted by Gasteiger charge is -2.11. The first-order chi connectivity index (χ1) is 15.0. The maximum Gasteiger partial charge on any atom is 0.226 e. The summed E-state index contributed by atoms with van der Waals surface area (Å²) in [4.78, 5) is 17.3. The summed E-state index contributed by atoms with van der Waals surface area (Å²) in [6, 6.07) is 11.3. The molecule has 0 aliphatic rings. The molecule has 0 atom stereocenters. The Hall–Kier alpha value is -3.28. The van der Waals surface area contributed by atoms with Gasteiger partial charge in [-0.25, -0.2) is 4.98 Å². The lowest BCUT2D eigenvalue weighted by Crippen LogP contribution is -2.06. The number of aromatic nitrogens is 1. The molecule has 3 aromatic rings. The first kappa shape index (κ1) is 22.4.